The molecule has 4 nitrogen and oxygen atoms in total. The van der Waals surface area contributed by atoms with Crippen molar-refractivity contribution in [3.05, 3.63) is 23.8 Å². The molecule has 2 unspecified atom stereocenters. The van der Waals surface area contributed by atoms with Crippen molar-refractivity contribution in [1.29, 1.82) is 0 Å². The molecule has 5 heteroatoms. The van der Waals surface area contributed by atoms with Crippen LogP contribution in [0.4, 0.5) is 0 Å². The van der Waals surface area contributed by atoms with Crippen LogP contribution in [-0.2, 0) is 17.3 Å². The molecule has 2 atom stereocenters. The summed E-state index contributed by atoms with van der Waals surface area (Å²) in [5.41, 5.74) is 1.11. The molecule has 0 aromatic heterocycles. The van der Waals surface area contributed by atoms with Crippen molar-refractivity contribution < 1.29 is 13.7 Å². The lowest BCUT2D eigenvalue weighted by molar-refractivity contribution is 0.392. The van der Waals surface area contributed by atoms with Gasteiger partial charge in [0.05, 0.1) is 14.2 Å². The van der Waals surface area contributed by atoms with E-state index in [-0.39, 0.29) is 0 Å². The maximum atomic E-state index is 11.0. The first-order valence-electron chi connectivity index (χ1n) is 6.30. The predicted octanol–water partition coefficient (Wildman–Crippen LogP) is 1.95. The molecule has 0 bridgehead atoms. The second-order valence-corrected chi connectivity index (χ2v) is 6.12. The number of rotatable bonds is 8. The summed E-state index contributed by atoms with van der Waals surface area (Å²) in [5.74, 6) is 2.31. The summed E-state index contributed by atoms with van der Waals surface area (Å²) < 4.78 is 21.5. The summed E-state index contributed by atoms with van der Waals surface area (Å²) in [6, 6.07) is 6.16. The van der Waals surface area contributed by atoms with Crippen LogP contribution in [0.5, 0.6) is 11.5 Å². The third-order valence-electron chi connectivity index (χ3n) is 2.90. The van der Waals surface area contributed by atoms with Crippen molar-refractivity contribution in [1.82, 2.24) is 5.32 Å². The number of nitrogens with one attached hydrogen (secondary N) is 1. The molecule has 1 aromatic rings. The molecule has 19 heavy (non-hydrogen) atoms. The average molecular weight is 285 g/mol. The first kappa shape index (κ1) is 16.0. The van der Waals surface area contributed by atoms with Gasteiger partial charge >= 0.3 is 0 Å². The van der Waals surface area contributed by atoms with Gasteiger partial charge in [-0.05, 0) is 31.0 Å². The van der Waals surface area contributed by atoms with E-state index in [9.17, 15) is 4.21 Å². The predicted molar refractivity (Wildman–Crippen MR) is 79.4 cm³/mol. The standard InChI is InChI=1S/C14H23NO3S/c1-11(5-6-19(4)16)15-10-12-7-13(17-2)9-14(8-12)18-3/h7-9,11,15H,5-6,10H2,1-4H3. The number of methoxy groups -OCH3 is 2. The fourth-order valence-corrected chi connectivity index (χ4v) is 2.39. The number of benzene rings is 1. The SMILES string of the molecule is COc1cc(CNC(C)CCS(C)=O)cc(OC)c1. The monoisotopic (exact) mass is 285 g/mol. The molecule has 1 N–H and O–H groups in total. The number of ether oxygens (including phenoxy) is 2. The van der Waals surface area contributed by atoms with Gasteiger partial charge < -0.3 is 14.8 Å². The molecule has 1 rings (SSSR count). The fraction of sp³-hybridized carbons (Fsp3) is 0.571. The van der Waals surface area contributed by atoms with E-state index in [0.29, 0.717) is 6.04 Å². The van der Waals surface area contributed by atoms with Crippen LogP contribution >= 0.6 is 0 Å². The quantitative estimate of drug-likeness (QED) is 0.793. The van der Waals surface area contributed by atoms with Crippen LogP contribution in [0, 0.1) is 0 Å². The number of hydrogen-bond acceptors (Lipinski definition) is 4. The van der Waals surface area contributed by atoms with Crippen LogP contribution in [0.2, 0.25) is 0 Å². The van der Waals surface area contributed by atoms with Gasteiger partial charge in [0, 0.05) is 41.5 Å². The Balaban J connectivity index is 2.54. The highest BCUT2D eigenvalue weighted by Crippen LogP contribution is 2.22. The molecule has 108 valence electrons. The molecule has 0 amide bonds. The van der Waals surface area contributed by atoms with Crippen molar-refractivity contribution in [2.24, 2.45) is 0 Å². The Morgan fingerprint density at radius 1 is 1.21 bits per heavy atom. The molecule has 0 saturated heterocycles. The van der Waals surface area contributed by atoms with Crippen LogP contribution in [0.15, 0.2) is 18.2 Å². The van der Waals surface area contributed by atoms with E-state index in [1.165, 1.54) is 0 Å². The first-order valence-corrected chi connectivity index (χ1v) is 8.03. The Hall–Kier alpha value is -1.07. The van der Waals surface area contributed by atoms with Gasteiger partial charge in [-0.2, -0.15) is 0 Å². The maximum absolute atomic E-state index is 11.0. The van der Waals surface area contributed by atoms with Crippen LogP contribution in [0.1, 0.15) is 18.9 Å². The lowest BCUT2D eigenvalue weighted by atomic mass is 10.1. The van der Waals surface area contributed by atoms with E-state index in [1.807, 2.05) is 18.2 Å². The topological polar surface area (TPSA) is 47.6 Å². The summed E-state index contributed by atoms with van der Waals surface area (Å²) in [6.45, 7) is 2.84. The number of hydrogen-bond donors (Lipinski definition) is 1. The molecule has 0 fully saturated rings. The molecule has 0 radical (unpaired) electrons. The Bertz CT molecular complexity index is 401. The van der Waals surface area contributed by atoms with Crippen LogP contribution in [-0.4, -0.2) is 36.5 Å². The minimum Gasteiger partial charge on any atom is -0.497 e. The zero-order valence-electron chi connectivity index (χ0n) is 12.1. The normalized spacial score (nSPS) is 13.9. The van der Waals surface area contributed by atoms with Gasteiger partial charge in [0.1, 0.15) is 11.5 Å². The van der Waals surface area contributed by atoms with Gasteiger partial charge in [-0.15, -0.1) is 0 Å². The molecule has 0 aliphatic carbocycles. The van der Waals surface area contributed by atoms with Crippen LogP contribution in [0.3, 0.4) is 0 Å². The van der Waals surface area contributed by atoms with Crippen molar-refractivity contribution in [3.63, 3.8) is 0 Å². The van der Waals surface area contributed by atoms with Crippen molar-refractivity contribution in [3.8, 4) is 11.5 Å². The Labute approximate surface area is 118 Å². The summed E-state index contributed by atoms with van der Waals surface area (Å²) in [5, 5.41) is 3.41. The van der Waals surface area contributed by atoms with E-state index < -0.39 is 10.8 Å². The zero-order chi connectivity index (χ0) is 14.3. The average Bonchev–Trinajstić information content (AvgIpc) is 2.42. The summed E-state index contributed by atoms with van der Waals surface area (Å²) >= 11 is 0. The molecule has 0 aliphatic rings. The van der Waals surface area contributed by atoms with E-state index in [2.05, 4.69) is 12.2 Å². The van der Waals surface area contributed by atoms with E-state index in [0.717, 1.165) is 35.8 Å². The highest BCUT2D eigenvalue weighted by molar-refractivity contribution is 7.84. The summed E-state index contributed by atoms with van der Waals surface area (Å²) in [7, 11) is 2.56. The lowest BCUT2D eigenvalue weighted by Crippen LogP contribution is -2.27. The summed E-state index contributed by atoms with van der Waals surface area (Å²) in [4.78, 5) is 0. The van der Waals surface area contributed by atoms with Gasteiger partial charge in [0.25, 0.3) is 0 Å². The third kappa shape index (κ3) is 6.07. The van der Waals surface area contributed by atoms with Crippen LogP contribution < -0.4 is 14.8 Å². The Kier molecular flexibility index (Phi) is 6.87. The Morgan fingerprint density at radius 2 is 1.79 bits per heavy atom. The van der Waals surface area contributed by atoms with E-state index >= 15 is 0 Å². The van der Waals surface area contributed by atoms with E-state index in [1.54, 1.807) is 20.5 Å². The van der Waals surface area contributed by atoms with Gasteiger partial charge in [-0.1, -0.05) is 0 Å². The minimum absolute atomic E-state index is 0.334. The lowest BCUT2D eigenvalue weighted by Gasteiger charge is -2.14. The fourth-order valence-electron chi connectivity index (χ4n) is 1.71. The van der Waals surface area contributed by atoms with Crippen molar-refractivity contribution in [2.75, 3.05) is 26.2 Å². The molecule has 0 saturated carbocycles. The first-order chi connectivity index (χ1) is 9.05. The van der Waals surface area contributed by atoms with Crippen LogP contribution in [0.25, 0.3) is 0 Å². The second-order valence-electron chi connectivity index (χ2n) is 4.57. The minimum atomic E-state index is -0.724. The third-order valence-corrected chi connectivity index (χ3v) is 3.71. The van der Waals surface area contributed by atoms with E-state index in [4.69, 9.17) is 9.47 Å². The molecule has 0 aliphatic heterocycles. The van der Waals surface area contributed by atoms with Gasteiger partial charge in [0.15, 0.2) is 0 Å². The van der Waals surface area contributed by atoms with Crippen molar-refractivity contribution in [2.45, 2.75) is 25.9 Å². The smallest absolute Gasteiger partial charge is 0.122 e. The highest BCUT2D eigenvalue weighted by Gasteiger charge is 2.05. The van der Waals surface area contributed by atoms with Gasteiger partial charge in [0.2, 0.25) is 0 Å². The zero-order valence-corrected chi connectivity index (χ0v) is 12.9. The summed E-state index contributed by atoms with van der Waals surface area (Å²) in [6.07, 6.45) is 2.64. The Morgan fingerprint density at radius 3 is 2.26 bits per heavy atom. The molecular weight excluding hydrogens is 262 g/mol. The highest BCUT2D eigenvalue weighted by atomic mass is 32.2. The molecule has 0 spiro atoms. The largest absolute Gasteiger partial charge is 0.497 e. The second kappa shape index (κ2) is 8.17. The molecule has 1 aromatic carbocycles. The van der Waals surface area contributed by atoms with Gasteiger partial charge in [-0.25, -0.2) is 0 Å². The van der Waals surface area contributed by atoms with Gasteiger partial charge in [-0.3, -0.25) is 4.21 Å². The maximum Gasteiger partial charge on any atom is 0.122 e. The molecule has 0 heterocycles. The molecular formula is C14H23NO3S. The van der Waals surface area contributed by atoms with Crippen molar-refractivity contribution >= 4 is 10.8 Å².